The summed E-state index contributed by atoms with van der Waals surface area (Å²) >= 11 is 5.09. The molecule has 0 aliphatic carbocycles. The van der Waals surface area contributed by atoms with Crippen LogP contribution < -0.4 is 5.73 Å². The van der Waals surface area contributed by atoms with E-state index in [0.717, 1.165) is 45.6 Å². The minimum Gasteiger partial charge on any atom is -0.396 e. The van der Waals surface area contributed by atoms with Crippen molar-refractivity contribution in [2.45, 2.75) is 25.8 Å². The summed E-state index contributed by atoms with van der Waals surface area (Å²) < 4.78 is 0. The van der Waals surface area contributed by atoms with E-state index in [0.29, 0.717) is 4.99 Å². The van der Waals surface area contributed by atoms with Crippen molar-refractivity contribution in [2.24, 2.45) is 5.73 Å². The lowest BCUT2D eigenvalue weighted by atomic mass is 10.1. The summed E-state index contributed by atoms with van der Waals surface area (Å²) in [5.41, 5.74) is 5.74. The van der Waals surface area contributed by atoms with E-state index in [4.69, 9.17) is 23.1 Å². The number of nitrogens with two attached hydrogens (primary N) is 1. The smallest absolute Gasteiger partial charge is 0.0901 e. The molecule has 1 aliphatic heterocycles. The molecular weight excluding hydrogens is 222 g/mol. The molecular formula is C11H23N3OS. The molecule has 94 valence electrons. The van der Waals surface area contributed by atoms with Crippen molar-refractivity contribution in [3.8, 4) is 0 Å². The van der Waals surface area contributed by atoms with Crippen LogP contribution in [0.2, 0.25) is 0 Å². The fourth-order valence-corrected chi connectivity index (χ4v) is 2.55. The third-order valence-electron chi connectivity index (χ3n) is 3.20. The van der Waals surface area contributed by atoms with E-state index in [-0.39, 0.29) is 12.6 Å². The Morgan fingerprint density at radius 3 is 2.44 bits per heavy atom. The van der Waals surface area contributed by atoms with Gasteiger partial charge in [-0.2, -0.15) is 0 Å². The lowest BCUT2D eigenvalue weighted by Gasteiger charge is -2.38. The molecule has 1 aliphatic rings. The van der Waals surface area contributed by atoms with Gasteiger partial charge in [0, 0.05) is 39.3 Å². The molecule has 5 heteroatoms. The summed E-state index contributed by atoms with van der Waals surface area (Å²) in [5, 5.41) is 8.78. The predicted octanol–water partition coefficient (Wildman–Crippen LogP) is 0.0511. The molecule has 1 atom stereocenters. The van der Waals surface area contributed by atoms with E-state index < -0.39 is 0 Å². The van der Waals surface area contributed by atoms with Crippen LogP contribution in [0.15, 0.2) is 0 Å². The van der Waals surface area contributed by atoms with E-state index in [1.807, 2.05) is 0 Å². The van der Waals surface area contributed by atoms with Crippen molar-refractivity contribution < 1.29 is 5.11 Å². The van der Waals surface area contributed by atoms with Crippen molar-refractivity contribution in [3.05, 3.63) is 0 Å². The Hall–Kier alpha value is -0.230. The predicted molar refractivity (Wildman–Crippen MR) is 70.6 cm³/mol. The van der Waals surface area contributed by atoms with Gasteiger partial charge in [-0.1, -0.05) is 19.1 Å². The van der Waals surface area contributed by atoms with Crippen LogP contribution in [0.1, 0.15) is 19.8 Å². The van der Waals surface area contributed by atoms with Crippen molar-refractivity contribution in [1.82, 2.24) is 9.80 Å². The van der Waals surface area contributed by atoms with Gasteiger partial charge in [-0.05, 0) is 12.8 Å². The van der Waals surface area contributed by atoms with Gasteiger partial charge in [0.15, 0.2) is 0 Å². The molecule has 16 heavy (non-hydrogen) atoms. The molecule has 0 aromatic rings. The quantitative estimate of drug-likeness (QED) is 0.648. The standard InChI is InChI=1S/C11H23N3OS/c1-2-10(11(12)16)14-7-5-13(6-8-14)4-3-9-15/h10,15H,2-9H2,1H3,(H2,12,16). The molecule has 1 heterocycles. The van der Waals surface area contributed by atoms with Crippen LogP contribution in [0, 0.1) is 0 Å². The number of nitrogens with zero attached hydrogens (tertiary/aromatic N) is 2. The van der Waals surface area contributed by atoms with Crippen molar-refractivity contribution in [2.75, 3.05) is 39.3 Å². The molecule has 0 aromatic heterocycles. The highest BCUT2D eigenvalue weighted by Gasteiger charge is 2.23. The Bertz CT molecular complexity index is 217. The molecule has 4 nitrogen and oxygen atoms in total. The van der Waals surface area contributed by atoms with Crippen molar-refractivity contribution >= 4 is 17.2 Å². The summed E-state index contributed by atoms with van der Waals surface area (Å²) in [6.45, 7) is 7.57. The fraction of sp³-hybridized carbons (Fsp3) is 0.909. The van der Waals surface area contributed by atoms with Crippen LogP contribution >= 0.6 is 12.2 Å². The molecule has 0 aromatic carbocycles. The van der Waals surface area contributed by atoms with Gasteiger partial charge in [0.1, 0.15) is 0 Å². The van der Waals surface area contributed by atoms with Gasteiger partial charge in [-0.15, -0.1) is 0 Å². The molecule has 1 rings (SSSR count). The average molecular weight is 245 g/mol. The van der Waals surface area contributed by atoms with Crippen LogP contribution in [0.5, 0.6) is 0 Å². The fourth-order valence-electron chi connectivity index (χ4n) is 2.23. The first-order valence-corrected chi connectivity index (χ1v) is 6.46. The highest BCUT2D eigenvalue weighted by molar-refractivity contribution is 7.80. The number of thiocarbonyl (C=S) groups is 1. The number of piperazine rings is 1. The second-order valence-electron chi connectivity index (χ2n) is 4.28. The molecule has 1 unspecified atom stereocenters. The summed E-state index contributed by atoms with van der Waals surface area (Å²) in [6.07, 6.45) is 1.86. The van der Waals surface area contributed by atoms with Crippen molar-refractivity contribution in [3.63, 3.8) is 0 Å². The van der Waals surface area contributed by atoms with Gasteiger partial charge in [0.05, 0.1) is 11.0 Å². The molecule has 0 saturated carbocycles. The lowest BCUT2D eigenvalue weighted by Crippen LogP contribution is -2.53. The minimum atomic E-state index is 0.259. The zero-order valence-corrected chi connectivity index (χ0v) is 10.9. The molecule has 1 saturated heterocycles. The van der Waals surface area contributed by atoms with E-state index in [9.17, 15) is 0 Å². The molecule has 3 N–H and O–H groups in total. The summed E-state index contributed by atoms with van der Waals surface area (Å²) in [4.78, 5) is 5.38. The topological polar surface area (TPSA) is 52.7 Å². The van der Waals surface area contributed by atoms with Crippen LogP contribution in [0.4, 0.5) is 0 Å². The highest BCUT2D eigenvalue weighted by atomic mass is 32.1. The normalized spacial score (nSPS) is 20.9. The Balaban J connectivity index is 2.33. The van der Waals surface area contributed by atoms with E-state index in [2.05, 4.69) is 16.7 Å². The van der Waals surface area contributed by atoms with Crippen LogP contribution in [-0.2, 0) is 0 Å². The van der Waals surface area contributed by atoms with E-state index in [1.54, 1.807) is 0 Å². The van der Waals surface area contributed by atoms with Gasteiger partial charge in [0.2, 0.25) is 0 Å². The second-order valence-corrected chi connectivity index (χ2v) is 4.75. The third kappa shape index (κ3) is 3.97. The SMILES string of the molecule is CCC(C(N)=S)N1CCN(CCCO)CC1. The third-order valence-corrected chi connectivity index (χ3v) is 3.47. The van der Waals surface area contributed by atoms with Gasteiger partial charge in [0.25, 0.3) is 0 Å². The molecule has 1 fully saturated rings. The summed E-state index contributed by atoms with van der Waals surface area (Å²) in [5.74, 6) is 0. The van der Waals surface area contributed by atoms with Gasteiger partial charge < -0.3 is 15.7 Å². The Labute approximate surface area is 103 Å². The molecule has 0 amide bonds. The lowest BCUT2D eigenvalue weighted by molar-refractivity contribution is 0.110. The Morgan fingerprint density at radius 2 is 2.00 bits per heavy atom. The first-order chi connectivity index (χ1) is 7.69. The number of aliphatic hydroxyl groups is 1. The second kappa shape index (κ2) is 7.17. The first-order valence-electron chi connectivity index (χ1n) is 6.05. The minimum absolute atomic E-state index is 0.259. The largest absolute Gasteiger partial charge is 0.396 e. The average Bonchev–Trinajstić information content (AvgIpc) is 2.28. The molecule has 0 bridgehead atoms. The van der Waals surface area contributed by atoms with Gasteiger partial charge >= 0.3 is 0 Å². The monoisotopic (exact) mass is 245 g/mol. The zero-order valence-electron chi connectivity index (χ0n) is 10.1. The maximum Gasteiger partial charge on any atom is 0.0901 e. The van der Waals surface area contributed by atoms with Gasteiger partial charge in [-0.25, -0.2) is 0 Å². The number of rotatable bonds is 6. The number of aliphatic hydroxyl groups excluding tert-OH is 1. The molecule has 0 spiro atoms. The maximum atomic E-state index is 8.78. The highest BCUT2D eigenvalue weighted by Crippen LogP contribution is 2.09. The van der Waals surface area contributed by atoms with Crippen LogP contribution in [0.25, 0.3) is 0 Å². The van der Waals surface area contributed by atoms with Crippen LogP contribution in [-0.4, -0.2) is 65.3 Å². The number of hydrogen-bond acceptors (Lipinski definition) is 4. The Kier molecular flexibility index (Phi) is 6.20. The van der Waals surface area contributed by atoms with Crippen LogP contribution in [0.3, 0.4) is 0 Å². The van der Waals surface area contributed by atoms with E-state index >= 15 is 0 Å². The van der Waals surface area contributed by atoms with E-state index in [1.165, 1.54) is 0 Å². The molecule has 0 radical (unpaired) electrons. The summed E-state index contributed by atoms with van der Waals surface area (Å²) in [6, 6.07) is 0.259. The first kappa shape index (κ1) is 13.8. The number of hydrogen-bond donors (Lipinski definition) is 2. The maximum absolute atomic E-state index is 8.78. The van der Waals surface area contributed by atoms with Gasteiger partial charge in [-0.3, -0.25) is 4.90 Å². The zero-order chi connectivity index (χ0) is 12.0. The summed E-state index contributed by atoms with van der Waals surface area (Å²) in [7, 11) is 0. The van der Waals surface area contributed by atoms with Crippen molar-refractivity contribution in [1.29, 1.82) is 0 Å². The Morgan fingerprint density at radius 1 is 1.38 bits per heavy atom.